The van der Waals surface area contributed by atoms with E-state index in [-0.39, 0.29) is 0 Å². The number of hydrogen-bond acceptors (Lipinski definition) is 2. The van der Waals surface area contributed by atoms with Crippen LogP contribution in [0, 0.1) is 0 Å². The molecule has 0 fully saturated rings. The molecule has 1 rings (SSSR count). The molecule has 16 heavy (non-hydrogen) atoms. The third kappa shape index (κ3) is 6.26. The van der Waals surface area contributed by atoms with Crippen LogP contribution in [0.2, 0.25) is 0 Å². The molecule has 0 aliphatic carbocycles. The molecule has 1 N–H and O–H groups in total. The van der Waals surface area contributed by atoms with E-state index in [1.165, 1.54) is 18.4 Å². The van der Waals surface area contributed by atoms with E-state index in [0.29, 0.717) is 6.61 Å². The van der Waals surface area contributed by atoms with Crippen LogP contribution in [0.5, 0.6) is 0 Å². The van der Waals surface area contributed by atoms with Crippen molar-refractivity contribution in [2.75, 3.05) is 20.2 Å². The van der Waals surface area contributed by atoms with E-state index in [1.54, 1.807) is 0 Å². The van der Waals surface area contributed by atoms with Gasteiger partial charge < -0.3 is 10.1 Å². The van der Waals surface area contributed by atoms with Crippen LogP contribution >= 0.6 is 15.9 Å². The van der Waals surface area contributed by atoms with Gasteiger partial charge in [0.05, 0.1) is 6.61 Å². The van der Waals surface area contributed by atoms with Gasteiger partial charge in [0.2, 0.25) is 0 Å². The van der Waals surface area contributed by atoms with Gasteiger partial charge in [-0.2, -0.15) is 0 Å². The zero-order valence-corrected chi connectivity index (χ0v) is 11.4. The van der Waals surface area contributed by atoms with Crippen LogP contribution in [0.15, 0.2) is 28.7 Å². The summed E-state index contributed by atoms with van der Waals surface area (Å²) in [7, 11) is 1.99. The summed E-state index contributed by atoms with van der Waals surface area (Å²) in [6.07, 6.45) is 3.62. The monoisotopic (exact) mass is 285 g/mol. The van der Waals surface area contributed by atoms with E-state index in [9.17, 15) is 0 Å². The van der Waals surface area contributed by atoms with Crippen LogP contribution in [0.1, 0.15) is 24.8 Å². The van der Waals surface area contributed by atoms with Crippen LogP contribution in [0.3, 0.4) is 0 Å². The van der Waals surface area contributed by atoms with Gasteiger partial charge in [0.1, 0.15) is 0 Å². The van der Waals surface area contributed by atoms with Crippen LogP contribution in [-0.4, -0.2) is 20.2 Å². The molecule has 0 aliphatic heterocycles. The summed E-state index contributed by atoms with van der Waals surface area (Å²) in [5.41, 5.74) is 1.23. The van der Waals surface area contributed by atoms with Crippen molar-refractivity contribution in [1.29, 1.82) is 0 Å². The summed E-state index contributed by atoms with van der Waals surface area (Å²) >= 11 is 3.45. The predicted octanol–water partition coefficient (Wildman–Crippen LogP) is 3.36. The highest BCUT2D eigenvalue weighted by atomic mass is 79.9. The van der Waals surface area contributed by atoms with E-state index in [4.69, 9.17) is 4.74 Å². The zero-order chi connectivity index (χ0) is 11.6. The Morgan fingerprint density at radius 3 is 2.88 bits per heavy atom. The summed E-state index contributed by atoms with van der Waals surface area (Å²) in [5.74, 6) is 0. The number of benzene rings is 1. The van der Waals surface area contributed by atoms with Gasteiger partial charge in [-0.3, -0.25) is 0 Å². The van der Waals surface area contributed by atoms with Crippen molar-refractivity contribution in [3.63, 3.8) is 0 Å². The Bertz CT molecular complexity index is 291. The third-order valence-corrected chi connectivity index (χ3v) is 2.87. The molecule has 0 amide bonds. The Balaban J connectivity index is 2.03. The maximum absolute atomic E-state index is 5.61. The lowest BCUT2D eigenvalue weighted by molar-refractivity contribution is 0.117. The molecule has 0 saturated heterocycles. The van der Waals surface area contributed by atoms with Gasteiger partial charge in [-0.25, -0.2) is 0 Å². The minimum Gasteiger partial charge on any atom is -0.377 e. The highest BCUT2D eigenvalue weighted by Crippen LogP contribution is 2.12. The van der Waals surface area contributed by atoms with Crippen molar-refractivity contribution in [1.82, 2.24) is 5.32 Å². The van der Waals surface area contributed by atoms with E-state index >= 15 is 0 Å². The smallest absolute Gasteiger partial charge is 0.0717 e. The Kier molecular flexibility index (Phi) is 7.47. The van der Waals surface area contributed by atoms with Gasteiger partial charge in [-0.05, 0) is 50.6 Å². The van der Waals surface area contributed by atoms with E-state index in [1.807, 2.05) is 19.2 Å². The fourth-order valence-corrected chi connectivity index (χ4v) is 1.95. The lowest BCUT2D eigenvalue weighted by Gasteiger charge is -2.05. The Hall–Kier alpha value is -0.380. The maximum Gasteiger partial charge on any atom is 0.0717 e. The molecule has 1 aromatic carbocycles. The SMILES string of the molecule is CNCCCCCOCc1cccc(Br)c1. The van der Waals surface area contributed by atoms with Crippen LogP contribution < -0.4 is 5.32 Å². The number of unbranched alkanes of at least 4 members (excludes halogenated alkanes) is 2. The van der Waals surface area contributed by atoms with Crippen LogP contribution in [0.4, 0.5) is 0 Å². The van der Waals surface area contributed by atoms with E-state index in [0.717, 1.165) is 24.0 Å². The molecule has 0 radical (unpaired) electrons. The van der Waals surface area contributed by atoms with Gasteiger partial charge in [-0.1, -0.05) is 28.1 Å². The van der Waals surface area contributed by atoms with Gasteiger partial charge in [0.25, 0.3) is 0 Å². The highest BCUT2D eigenvalue weighted by molar-refractivity contribution is 9.10. The molecule has 2 nitrogen and oxygen atoms in total. The van der Waals surface area contributed by atoms with Crippen molar-refractivity contribution in [3.05, 3.63) is 34.3 Å². The standard InChI is InChI=1S/C13H20BrNO/c1-15-8-3-2-4-9-16-11-12-6-5-7-13(14)10-12/h5-7,10,15H,2-4,8-9,11H2,1H3. The van der Waals surface area contributed by atoms with Crippen molar-refractivity contribution < 1.29 is 4.74 Å². The topological polar surface area (TPSA) is 21.3 Å². The first kappa shape index (κ1) is 13.7. The second kappa shape index (κ2) is 8.74. The number of halogens is 1. The number of hydrogen-bond donors (Lipinski definition) is 1. The molecule has 0 atom stereocenters. The second-order valence-corrected chi connectivity index (χ2v) is 4.76. The minimum atomic E-state index is 0.714. The third-order valence-electron chi connectivity index (χ3n) is 2.37. The van der Waals surface area contributed by atoms with E-state index < -0.39 is 0 Å². The Morgan fingerprint density at radius 2 is 2.12 bits per heavy atom. The molecule has 1 aromatic rings. The van der Waals surface area contributed by atoms with E-state index in [2.05, 4.69) is 33.4 Å². The second-order valence-electron chi connectivity index (χ2n) is 3.85. The zero-order valence-electron chi connectivity index (χ0n) is 9.84. The lowest BCUT2D eigenvalue weighted by Crippen LogP contribution is -2.07. The molecule has 0 aliphatic rings. The van der Waals surface area contributed by atoms with Crippen molar-refractivity contribution in [2.45, 2.75) is 25.9 Å². The van der Waals surface area contributed by atoms with Gasteiger partial charge in [-0.15, -0.1) is 0 Å². The number of nitrogens with one attached hydrogen (secondary N) is 1. The first-order valence-corrected chi connectivity index (χ1v) is 6.59. The molecule has 0 aromatic heterocycles. The minimum absolute atomic E-state index is 0.714. The summed E-state index contributed by atoms with van der Waals surface area (Å²) < 4.78 is 6.73. The quantitative estimate of drug-likeness (QED) is 0.740. The number of rotatable bonds is 8. The highest BCUT2D eigenvalue weighted by Gasteiger charge is 1.94. The Morgan fingerprint density at radius 1 is 1.25 bits per heavy atom. The maximum atomic E-state index is 5.61. The molecule has 0 heterocycles. The fourth-order valence-electron chi connectivity index (χ4n) is 1.50. The molecule has 0 bridgehead atoms. The first-order chi connectivity index (χ1) is 7.83. The summed E-state index contributed by atoms with van der Waals surface area (Å²) in [5, 5.41) is 3.14. The van der Waals surface area contributed by atoms with Crippen LogP contribution in [-0.2, 0) is 11.3 Å². The lowest BCUT2D eigenvalue weighted by atomic mass is 10.2. The molecule has 0 spiro atoms. The molecular formula is C13H20BrNO. The number of ether oxygens (including phenoxy) is 1. The van der Waals surface area contributed by atoms with Crippen molar-refractivity contribution in [3.8, 4) is 0 Å². The molecular weight excluding hydrogens is 266 g/mol. The fraction of sp³-hybridized carbons (Fsp3) is 0.538. The Labute approximate surface area is 107 Å². The summed E-state index contributed by atoms with van der Waals surface area (Å²) in [4.78, 5) is 0. The predicted molar refractivity (Wildman–Crippen MR) is 71.6 cm³/mol. The molecule has 3 heteroatoms. The van der Waals surface area contributed by atoms with Gasteiger partial charge in [0, 0.05) is 11.1 Å². The summed E-state index contributed by atoms with van der Waals surface area (Å²) in [6, 6.07) is 8.25. The van der Waals surface area contributed by atoms with Crippen molar-refractivity contribution >= 4 is 15.9 Å². The normalized spacial score (nSPS) is 10.6. The molecule has 0 saturated carbocycles. The molecule has 0 unspecified atom stereocenters. The van der Waals surface area contributed by atoms with Crippen LogP contribution in [0.25, 0.3) is 0 Å². The molecule has 90 valence electrons. The average Bonchev–Trinajstić information content (AvgIpc) is 2.28. The first-order valence-electron chi connectivity index (χ1n) is 5.79. The average molecular weight is 286 g/mol. The van der Waals surface area contributed by atoms with Crippen molar-refractivity contribution in [2.24, 2.45) is 0 Å². The van der Waals surface area contributed by atoms with Gasteiger partial charge >= 0.3 is 0 Å². The largest absolute Gasteiger partial charge is 0.377 e. The van der Waals surface area contributed by atoms with Gasteiger partial charge in [0.15, 0.2) is 0 Å². The summed E-state index contributed by atoms with van der Waals surface area (Å²) in [6.45, 7) is 2.67.